The molecular weight excluding hydrogens is 527 g/mol. The monoisotopic (exact) mass is 545 g/mol. The Morgan fingerprint density at radius 3 is 2.66 bits per heavy atom. The Balaban J connectivity index is 1.51. The number of halogens is 4. The summed E-state index contributed by atoms with van der Waals surface area (Å²) < 4.78 is 41.1. The molecule has 15 heteroatoms. The zero-order valence-electron chi connectivity index (χ0n) is 19.7. The summed E-state index contributed by atoms with van der Waals surface area (Å²) in [6.07, 6.45) is 0.199. The molecule has 38 heavy (non-hydrogen) atoms. The molecule has 1 fully saturated rings. The molecule has 0 aliphatic heterocycles. The molecule has 0 atom stereocenters. The fourth-order valence-electron chi connectivity index (χ4n) is 3.68. The van der Waals surface area contributed by atoms with Crippen molar-refractivity contribution in [3.05, 3.63) is 75.7 Å². The molecule has 0 unspecified atom stereocenters. The Labute approximate surface area is 218 Å². The Bertz CT molecular complexity index is 1530. The van der Waals surface area contributed by atoms with Crippen LogP contribution in [-0.4, -0.2) is 52.8 Å². The molecule has 3 heterocycles. The lowest BCUT2D eigenvalue weighted by molar-refractivity contribution is 0.0951. The van der Waals surface area contributed by atoms with E-state index in [9.17, 15) is 22.8 Å². The fourth-order valence-corrected chi connectivity index (χ4v) is 3.88. The van der Waals surface area contributed by atoms with Gasteiger partial charge in [-0.25, -0.2) is 22.8 Å². The molecular formula is C23H19ClF3N9O2. The van der Waals surface area contributed by atoms with Gasteiger partial charge in [0.05, 0.1) is 22.0 Å². The Morgan fingerprint density at radius 1 is 1.18 bits per heavy atom. The van der Waals surface area contributed by atoms with Gasteiger partial charge in [-0.15, -0.1) is 10.2 Å². The van der Waals surface area contributed by atoms with Crippen molar-refractivity contribution in [2.75, 3.05) is 5.32 Å². The number of aromatic nitrogens is 7. The maximum atomic E-state index is 14.2. The quantitative estimate of drug-likeness (QED) is 0.346. The van der Waals surface area contributed by atoms with E-state index in [0.29, 0.717) is 5.56 Å². The molecule has 1 aliphatic carbocycles. The van der Waals surface area contributed by atoms with Crippen molar-refractivity contribution in [1.29, 1.82) is 0 Å². The molecule has 1 aliphatic rings. The number of hydrogen-bond acceptors (Lipinski definition) is 7. The molecule has 0 bridgehead atoms. The standard InChI is InChI=1S/C23H19ClF3N9O2/c1-11-7-12(25)8-15(22(37)29-13-4-5-13)18(11)30-23(38)17-9-14(10-35-33-20(19(26)27)31-34-35)32-36(17)21-16(24)3-2-6-28-21/h2-3,6-9,13,19H,4-5,10H2,1H3,(H,29,37)(H,30,38). The molecule has 5 rings (SSSR count). The lowest BCUT2D eigenvalue weighted by atomic mass is 10.1. The van der Waals surface area contributed by atoms with Crippen molar-refractivity contribution in [3.8, 4) is 5.82 Å². The van der Waals surface area contributed by atoms with E-state index in [0.717, 1.165) is 23.7 Å². The zero-order valence-corrected chi connectivity index (χ0v) is 20.5. The van der Waals surface area contributed by atoms with Gasteiger partial charge in [-0.3, -0.25) is 9.59 Å². The van der Waals surface area contributed by atoms with E-state index in [2.05, 4.69) is 36.1 Å². The number of rotatable bonds is 8. The predicted molar refractivity (Wildman–Crippen MR) is 128 cm³/mol. The van der Waals surface area contributed by atoms with Crippen molar-refractivity contribution in [2.24, 2.45) is 0 Å². The van der Waals surface area contributed by atoms with Gasteiger partial charge >= 0.3 is 6.43 Å². The van der Waals surface area contributed by atoms with Gasteiger partial charge in [-0.1, -0.05) is 11.6 Å². The molecule has 0 saturated heterocycles. The minimum Gasteiger partial charge on any atom is -0.349 e. The molecule has 0 radical (unpaired) electrons. The van der Waals surface area contributed by atoms with Crippen molar-refractivity contribution >= 4 is 29.1 Å². The number of pyridine rings is 1. The number of nitrogens with zero attached hydrogens (tertiary/aromatic N) is 7. The predicted octanol–water partition coefficient (Wildman–Crippen LogP) is 3.49. The highest BCUT2D eigenvalue weighted by Crippen LogP contribution is 2.27. The molecule has 2 amide bonds. The third-order valence-corrected chi connectivity index (χ3v) is 5.89. The molecule has 11 nitrogen and oxygen atoms in total. The maximum absolute atomic E-state index is 14.2. The maximum Gasteiger partial charge on any atom is 0.301 e. The number of aryl methyl sites for hydroxylation is 1. The summed E-state index contributed by atoms with van der Waals surface area (Å²) in [5.74, 6) is -2.48. The van der Waals surface area contributed by atoms with Crippen LogP contribution in [0.1, 0.15) is 57.2 Å². The second-order valence-corrected chi connectivity index (χ2v) is 8.97. The minimum absolute atomic E-state index is 0.0147. The average Bonchev–Trinajstić information content (AvgIpc) is 3.38. The van der Waals surface area contributed by atoms with Crippen LogP contribution < -0.4 is 10.6 Å². The third kappa shape index (κ3) is 5.34. The molecule has 1 saturated carbocycles. The first-order valence-corrected chi connectivity index (χ1v) is 11.8. The normalized spacial score (nSPS) is 13.1. The van der Waals surface area contributed by atoms with Gasteiger partial charge in [0, 0.05) is 12.2 Å². The van der Waals surface area contributed by atoms with Crippen LogP contribution in [0.3, 0.4) is 0 Å². The highest BCUT2D eigenvalue weighted by molar-refractivity contribution is 6.32. The summed E-state index contributed by atoms with van der Waals surface area (Å²) in [5.41, 5.74) is 0.573. The van der Waals surface area contributed by atoms with Gasteiger partial charge in [-0.05, 0) is 60.9 Å². The minimum atomic E-state index is -2.90. The lowest BCUT2D eigenvalue weighted by Gasteiger charge is -2.15. The van der Waals surface area contributed by atoms with Crippen molar-refractivity contribution in [1.82, 2.24) is 40.3 Å². The van der Waals surface area contributed by atoms with Crippen LogP contribution in [0.2, 0.25) is 5.02 Å². The van der Waals surface area contributed by atoms with E-state index in [4.69, 9.17) is 11.6 Å². The van der Waals surface area contributed by atoms with Gasteiger partial charge in [0.25, 0.3) is 11.8 Å². The number of benzene rings is 1. The molecule has 4 aromatic rings. The first-order valence-electron chi connectivity index (χ1n) is 11.4. The van der Waals surface area contributed by atoms with Crippen LogP contribution in [0, 0.1) is 12.7 Å². The first-order chi connectivity index (χ1) is 18.2. The van der Waals surface area contributed by atoms with E-state index in [1.54, 1.807) is 19.1 Å². The number of nitrogens with one attached hydrogen (secondary N) is 2. The Hall–Kier alpha value is -4.33. The number of amides is 2. The lowest BCUT2D eigenvalue weighted by Crippen LogP contribution is -2.28. The SMILES string of the molecule is Cc1cc(F)cc(C(=O)NC2CC2)c1NC(=O)c1cc(Cn2nnc(C(F)F)n2)nn1-c1ncccc1Cl. The number of anilines is 1. The van der Waals surface area contributed by atoms with Gasteiger partial charge < -0.3 is 10.6 Å². The highest BCUT2D eigenvalue weighted by atomic mass is 35.5. The van der Waals surface area contributed by atoms with E-state index >= 15 is 0 Å². The number of hydrogen-bond donors (Lipinski definition) is 2. The Kier molecular flexibility index (Phi) is 6.80. The largest absolute Gasteiger partial charge is 0.349 e. The van der Waals surface area contributed by atoms with Crippen molar-refractivity contribution in [3.63, 3.8) is 0 Å². The molecule has 196 valence electrons. The van der Waals surface area contributed by atoms with Crippen LogP contribution >= 0.6 is 11.6 Å². The van der Waals surface area contributed by atoms with E-state index in [1.165, 1.54) is 23.0 Å². The second kappa shape index (κ2) is 10.2. The van der Waals surface area contributed by atoms with Crippen LogP contribution in [0.4, 0.5) is 18.9 Å². The van der Waals surface area contributed by atoms with Crippen LogP contribution in [0.25, 0.3) is 5.82 Å². The summed E-state index contributed by atoms with van der Waals surface area (Å²) in [6, 6.07) is 6.77. The molecule has 3 aromatic heterocycles. The first kappa shape index (κ1) is 25.3. The van der Waals surface area contributed by atoms with E-state index < -0.39 is 29.9 Å². The molecule has 1 aromatic carbocycles. The van der Waals surface area contributed by atoms with E-state index in [-0.39, 0.29) is 46.1 Å². The Morgan fingerprint density at radius 2 is 1.97 bits per heavy atom. The summed E-state index contributed by atoms with van der Waals surface area (Å²) in [5, 5.41) is 20.5. The summed E-state index contributed by atoms with van der Waals surface area (Å²) >= 11 is 6.29. The third-order valence-electron chi connectivity index (χ3n) is 5.60. The summed E-state index contributed by atoms with van der Waals surface area (Å²) in [7, 11) is 0. The van der Waals surface area contributed by atoms with Crippen molar-refractivity contribution in [2.45, 2.75) is 38.8 Å². The number of carbonyl (C=O) groups is 2. The average molecular weight is 546 g/mol. The highest BCUT2D eigenvalue weighted by Gasteiger charge is 2.27. The van der Waals surface area contributed by atoms with Gasteiger partial charge in [0.2, 0.25) is 5.82 Å². The van der Waals surface area contributed by atoms with Crippen LogP contribution in [0.5, 0.6) is 0 Å². The second-order valence-electron chi connectivity index (χ2n) is 8.57. The summed E-state index contributed by atoms with van der Waals surface area (Å²) in [6.45, 7) is 1.37. The van der Waals surface area contributed by atoms with Gasteiger partial charge in [-0.2, -0.15) is 9.90 Å². The van der Waals surface area contributed by atoms with Crippen molar-refractivity contribution < 1.29 is 22.8 Å². The van der Waals surface area contributed by atoms with E-state index in [1.807, 2.05) is 0 Å². The summed E-state index contributed by atoms with van der Waals surface area (Å²) in [4.78, 5) is 31.4. The smallest absolute Gasteiger partial charge is 0.301 e. The molecule has 0 spiro atoms. The number of alkyl halides is 2. The zero-order chi connectivity index (χ0) is 27.0. The van der Waals surface area contributed by atoms with Gasteiger partial charge in [0.15, 0.2) is 5.82 Å². The van der Waals surface area contributed by atoms with Gasteiger partial charge in [0.1, 0.15) is 18.1 Å². The van der Waals surface area contributed by atoms with Crippen LogP contribution in [-0.2, 0) is 6.54 Å². The van der Waals surface area contributed by atoms with Crippen LogP contribution in [0.15, 0.2) is 36.5 Å². The topological polar surface area (TPSA) is 133 Å². The number of carbonyl (C=O) groups excluding carboxylic acids is 2. The number of tetrazole rings is 1. The molecule has 2 N–H and O–H groups in total. The fraction of sp³-hybridized carbons (Fsp3) is 0.261.